The van der Waals surface area contributed by atoms with Crippen molar-refractivity contribution in [1.29, 1.82) is 5.26 Å². The summed E-state index contributed by atoms with van der Waals surface area (Å²) in [5.41, 5.74) is 4.51. The molecule has 0 aliphatic heterocycles. The van der Waals surface area contributed by atoms with Gasteiger partial charge in [0.25, 0.3) is 5.91 Å². The molecule has 1 aromatic carbocycles. The molecular formula is C14H11N5OS. The van der Waals surface area contributed by atoms with Crippen LogP contribution in [-0.4, -0.2) is 15.5 Å². The highest BCUT2D eigenvalue weighted by Crippen LogP contribution is 2.19. The molecular weight excluding hydrogens is 286 g/mol. The predicted molar refractivity (Wildman–Crippen MR) is 79.5 cm³/mol. The molecule has 2 aromatic heterocycles. The molecule has 0 saturated carbocycles. The number of benzene rings is 1. The van der Waals surface area contributed by atoms with E-state index in [1.807, 2.05) is 34.3 Å². The van der Waals surface area contributed by atoms with Crippen molar-refractivity contribution in [2.45, 2.75) is 6.54 Å². The van der Waals surface area contributed by atoms with Gasteiger partial charge in [-0.2, -0.15) is 5.26 Å². The first-order valence-electron chi connectivity index (χ1n) is 6.15. The molecule has 1 amide bonds. The molecule has 0 bridgehead atoms. The Labute approximate surface area is 124 Å². The number of fused-ring (bicyclic) bond motifs is 1. The molecule has 0 atom stereocenters. The van der Waals surface area contributed by atoms with Gasteiger partial charge in [-0.05, 0) is 24.3 Å². The SMILES string of the molecule is N#Cc1ccc2c(ccn2Cc2csc(C(=O)NN)n2)c1. The number of carbonyl (C=O) groups is 1. The first-order chi connectivity index (χ1) is 10.2. The number of nitriles is 1. The summed E-state index contributed by atoms with van der Waals surface area (Å²) in [6, 6.07) is 9.62. The number of aromatic nitrogens is 2. The average molecular weight is 297 g/mol. The van der Waals surface area contributed by atoms with Crippen LogP contribution < -0.4 is 11.3 Å². The molecule has 3 N–H and O–H groups in total. The van der Waals surface area contributed by atoms with E-state index >= 15 is 0 Å². The van der Waals surface area contributed by atoms with Crippen LogP contribution in [0.1, 0.15) is 21.1 Å². The standard InChI is InChI=1S/C14H11N5OS/c15-6-9-1-2-12-10(5-9)3-4-19(12)7-11-8-21-14(17-11)13(20)18-16/h1-5,8H,7,16H2,(H,18,20). The second-order valence-corrected chi connectivity index (χ2v) is 5.30. The fourth-order valence-corrected chi connectivity index (χ4v) is 2.84. The Morgan fingerprint density at radius 1 is 1.48 bits per heavy atom. The van der Waals surface area contributed by atoms with Crippen LogP contribution in [0.3, 0.4) is 0 Å². The summed E-state index contributed by atoms with van der Waals surface area (Å²) < 4.78 is 2.02. The van der Waals surface area contributed by atoms with E-state index in [0.717, 1.165) is 16.6 Å². The molecule has 2 heterocycles. The van der Waals surface area contributed by atoms with Gasteiger partial charge in [0.1, 0.15) is 0 Å². The number of hydrogen-bond donors (Lipinski definition) is 2. The highest BCUT2D eigenvalue weighted by atomic mass is 32.1. The quantitative estimate of drug-likeness (QED) is 0.436. The first-order valence-corrected chi connectivity index (χ1v) is 7.03. The first kappa shape index (κ1) is 13.3. The summed E-state index contributed by atoms with van der Waals surface area (Å²) >= 11 is 1.26. The number of thiazole rings is 1. The lowest BCUT2D eigenvalue weighted by Gasteiger charge is -2.03. The van der Waals surface area contributed by atoms with Crippen molar-refractivity contribution in [3.8, 4) is 6.07 Å². The van der Waals surface area contributed by atoms with Crippen LogP contribution in [0, 0.1) is 11.3 Å². The molecule has 3 aromatic rings. The Bertz CT molecular complexity index is 858. The Morgan fingerprint density at radius 2 is 2.33 bits per heavy atom. The maximum atomic E-state index is 11.4. The Kier molecular flexibility index (Phi) is 3.39. The zero-order chi connectivity index (χ0) is 14.8. The molecule has 6 nitrogen and oxygen atoms in total. The fraction of sp³-hybridized carbons (Fsp3) is 0.0714. The van der Waals surface area contributed by atoms with Gasteiger partial charge >= 0.3 is 0 Å². The van der Waals surface area contributed by atoms with Crippen LogP contribution in [0.5, 0.6) is 0 Å². The zero-order valence-corrected chi connectivity index (χ0v) is 11.7. The van der Waals surface area contributed by atoms with Gasteiger partial charge in [0.15, 0.2) is 5.01 Å². The number of amides is 1. The lowest BCUT2D eigenvalue weighted by Crippen LogP contribution is -2.29. The van der Waals surface area contributed by atoms with E-state index in [4.69, 9.17) is 11.1 Å². The molecule has 104 valence electrons. The Morgan fingerprint density at radius 3 is 3.10 bits per heavy atom. The van der Waals surface area contributed by atoms with Gasteiger partial charge in [0.05, 0.1) is 23.9 Å². The van der Waals surface area contributed by atoms with Crippen LogP contribution in [0.15, 0.2) is 35.8 Å². The number of nitrogens with zero attached hydrogens (tertiary/aromatic N) is 3. The number of nitrogens with one attached hydrogen (secondary N) is 1. The van der Waals surface area contributed by atoms with E-state index in [9.17, 15) is 4.79 Å². The molecule has 21 heavy (non-hydrogen) atoms. The predicted octanol–water partition coefficient (Wildman–Crippen LogP) is 1.62. The summed E-state index contributed by atoms with van der Waals surface area (Å²) in [6.07, 6.45) is 1.94. The van der Waals surface area contributed by atoms with E-state index in [1.165, 1.54) is 11.3 Å². The molecule has 0 spiro atoms. The molecule has 0 saturated heterocycles. The van der Waals surface area contributed by atoms with Crippen LogP contribution in [0.25, 0.3) is 10.9 Å². The number of carbonyl (C=O) groups excluding carboxylic acids is 1. The lowest BCUT2D eigenvalue weighted by atomic mass is 10.2. The van der Waals surface area contributed by atoms with Gasteiger partial charge in [-0.25, -0.2) is 10.8 Å². The second-order valence-electron chi connectivity index (χ2n) is 4.45. The van der Waals surface area contributed by atoms with Gasteiger partial charge in [0, 0.05) is 22.5 Å². The Hall–Kier alpha value is -2.69. The van der Waals surface area contributed by atoms with Gasteiger partial charge < -0.3 is 4.57 Å². The van der Waals surface area contributed by atoms with E-state index in [1.54, 1.807) is 6.07 Å². The number of nitrogens with two attached hydrogens (primary N) is 1. The highest BCUT2D eigenvalue weighted by Gasteiger charge is 2.10. The zero-order valence-electron chi connectivity index (χ0n) is 10.9. The average Bonchev–Trinajstić information content (AvgIpc) is 3.14. The topological polar surface area (TPSA) is 96.7 Å². The summed E-state index contributed by atoms with van der Waals surface area (Å²) in [5, 5.41) is 12.1. The van der Waals surface area contributed by atoms with E-state index in [0.29, 0.717) is 17.1 Å². The minimum atomic E-state index is -0.387. The van der Waals surface area contributed by atoms with Crippen molar-refractivity contribution in [3.05, 3.63) is 52.1 Å². The molecule has 0 aliphatic carbocycles. The second kappa shape index (κ2) is 5.36. The van der Waals surface area contributed by atoms with E-state index in [2.05, 4.69) is 16.5 Å². The van der Waals surface area contributed by atoms with Gasteiger partial charge in [-0.15, -0.1) is 11.3 Å². The number of rotatable bonds is 3. The molecule has 0 radical (unpaired) electrons. The molecule has 7 heteroatoms. The number of nitrogen functional groups attached to an aromatic ring is 1. The number of hydrazine groups is 1. The smallest absolute Gasteiger partial charge is 0.294 e. The van der Waals surface area contributed by atoms with Gasteiger partial charge in [-0.3, -0.25) is 10.2 Å². The summed E-state index contributed by atoms with van der Waals surface area (Å²) in [7, 11) is 0. The van der Waals surface area contributed by atoms with Crippen LogP contribution in [0.4, 0.5) is 0 Å². The Balaban J connectivity index is 1.90. The maximum Gasteiger partial charge on any atom is 0.294 e. The molecule has 0 fully saturated rings. The van der Waals surface area contributed by atoms with Crippen molar-refractivity contribution in [2.75, 3.05) is 0 Å². The van der Waals surface area contributed by atoms with Gasteiger partial charge in [0.2, 0.25) is 0 Å². The minimum Gasteiger partial charge on any atom is -0.341 e. The monoisotopic (exact) mass is 297 g/mol. The molecule has 0 aliphatic rings. The third-order valence-electron chi connectivity index (χ3n) is 3.11. The summed E-state index contributed by atoms with van der Waals surface area (Å²) in [5.74, 6) is 4.70. The normalized spacial score (nSPS) is 10.5. The molecule has 0 unspecified atom stereocenters. The summed E-state index contributed by atoms with van der Waals surface area (Å²) in [4.78, 5) is 15.6. The highest BCUT2D eigenvalue weighted by molar-refractivity contribution is 7.11. The van der Waals surface area contributed by atoms with Crippen molar-refractivity contribution >= 4 is 28.1 Å². The van der Waals surface area contributed by atoms with Crippen molar-refractivity contribution in [1.82, 2.24) is 15.0 Å². The van der Waals surface area contributed by atoms with E-state index in [-0.39, 0.29) is 5.91 Å². The third-order valence-corrected chi connectivity index (χ3v) is 4.00. The summed E-state index contributed by atoms with van der Waals surface area (Å²) in [6.45, 7) is 0.559. The van der Waals surface area contributed by atoms with E-state index < -0.39 is 0 Å². The van der Waals surface area contributed by atoms with Crippen molar-refractivity contribution in [3.63, 3.8) is 0 Å². The fourth-order valence-electron chi connectivity index (χ4n) is 2.13. The number of hydrogen-bond acceptors (Lipinski definition) is 5. The van der Waals surface area contributed by atoms with Crippen molar-refractivity contribution < 1.29 is 4.79 Å². The minimum absolute atomic E-state index is 0.343. The third kappa shape index (κ3) is 2.50. The van der Waals surface area contributed by atoms with Crippen LogP contribution in [0.2, 0.25) is 0 Å². The maximum absolute atomic E-state index is 11.4. The molecule has 3 rings (SSSR count). The van der Waals surface area contributed by atoms with Crippen molar-refractivity contribution in [2.24, 2.45) is 5.84 Å². The van der Waals surface area contributed by atoms with Gasteiger partial charge in [-0.1, -0.05) is 0 Å². The van der Waals surface area contributed by atoms with Crippen LogP contribution >= 0.6 is 11.3 Å². The lowest BCUT2D eigenvalue weighted by molar-refractivity contribution is 0.0953. The van der Waals surface area contributed by atoms with Crippen LogP contribution in [-0.2, 0) is 6.54 Å². The largest absolute Gasteiger partial charge is 0.341 e.